The van der Waals surface area contributed by atoms with Crippen molar-refractivity contribution in [2.45, 2.75) is 31.8 Å². The highest BCUT2D eigenvalue weighted by Gasteiger charge is 2.31. The van der Waals surface area contributed by atoms with E-state index < -0.39 is 0 Å². The Labute approximate surface area is 103 Å². The molecule has 3 rings (SSSR count). The number of hydrogen-bond acceptors (Lipinski definition) is 1. The van der Waals surface area contributed by atoms with Gasteiger partial charge in [-0.05, 0) is 57.4 Å². The summed E-state index contributed by atoms with van der Waals surface area (Å²) in [4.78, 5) is 2.34. The van der Waals surface area contributed by atoms with Crippen LogP contribution in [0.4, 0.5) is 0 Å². The second-order valence-corrected chi connectivity index (χ2v) is 5.53. The van der Waals surface area contributed by atoms with E-state index in [4.69, 9.17) is 0 Å². The van der Waals surface area contributed by atoms with E-state index in [-0.39, 0.29) is 0 Å². The van der Waals surface area contributed by atoms with Crippen LogP contribution in [0.1, 0.15) is 24.4 Å². The first kappa shape index (κ1) is 10.8. The van der Waals surface area contributed by atoms with Crippen molar-refractivity contribution in [2.24, 2.45) is 0 Å². The standard InChI is InChI=1S/C15H20N2/c1-11-4-5-15-12(8-11)6-7-17(15)14-9-13(10-14)16(2)3/h4-8,13-14H,9-10H2,1-3H3. The van der Waals surface area contributed by atoms with Crippen LogP contribution in [-0.4, -0.2) is 29.6 Å². The molecule has 2 aromatic rings. The zero-order chi connectivity index (χ0) is 12.0. The van der Waals surface area contributed by atoms with Crippen LogP contribution in [0.5, 0.6) is 0 Å². The maximum atomic E-state index is 2.45. The second-order valence-electron chi connectivity index (χ2n) is 5.53. The van der Waals surface area contributed by atoms with Gasteiger partial charge < -0.3 is 9.47 Å². The van der Waals surface area contributed by atoms with Crippen LogP contribution in [0.3, 0.4) is 0 Å². The molecule has 90 valence electrons. The van der Waals surface area contributed by atoms with Crippen molar-refractivity contribution in [1.82, 2.24) is 9.47 Å². The highest BCUT2D eigenvalue weighted by Crippen LogP contribution is 2.37. The lowest BCUT2D eigenvalue weighted by atomic mass is 9.85. The molecule has 1 heterocycles. The smallest absolute Gasteiger partial charge is 0.0483 e. The number of benzene rings is 1. The largest absolute Gasteiger partial charge is 0.344 e. The van der Waals surface area contributed by atoms with Gasteiger partial charge >= 0.3 is 0 Å². The topological polar surface area (TPSA) is 8.17 Å². The highest BCUT2D eigenvalue weighted by molar-refractivity contribution is 5.81. The minimum Gasteiger partial charge on any atom is -0.344 e. The summed E-state index contributed by atoms with van der Waals surface area (Å²) in [5.41, 5.74) is 2.73. The number of nitrogens with zero attached hydrogens (tertiary/aromatic N) is 2. The van der Waals surface area contributed by atoms with E-state index >= 15 is 0 Å². The van der Waals surface area contributed by atoms with E-state index in [1.807, 2.05) is 0 Å². The van der Waals surface area contributed by atoms with Crippen molar-refractivity contribution in [3.63, 3.8) is 0 Å². The average molecular weight is 228 g/mol. The third kappa shape index (κ3) is 1.77. The van der Waals surface area contributed by atoms with E-state index in [1.165, 1.54) is 29.3 Å². The van der Waals surface area contributed by atoms with E-state index in [2.05, 4.69) is 60.9 Å². The summed E-state index contributed by atoms with van der Waals surface area (Å²) < 4.78 is 2.45. The Morgan fingerprint density at radius 1 is 1.18 bits per heavy atom. The van der Waals surface area contributed by atoms with Crippen molar-refractivity contribution in [3.05, 3.63) is 36.0 Å². The molecule has 0 unspecified atom stereocenters. The van der Waals surface area contributed by atoms with Crippen molar-refractivity contribution in [2.75, 3.05) is 14.1 Å². The summed E-state index contributed by atoms with van der Waals surface area (Å²) in [6, 6.07) is 10.4. The summed E-state index contributed by atoms with van der Waals surface area (Å²) in [7, 11) is 4.36. The first-order valence-corrected chi connectivity index (χ1v) is 6.39. The Kier molecular flexibility index (Phi) is 2.48. The highest BCUT2D eigenvalue weighted by atomic mass is 15.1. The Hall–Kier alpha value is -1.28. The Morgan fingerprint density at radius 2 is 1.94 bits per heavy atom. The monoisotopic (exact) mass is 228 g/mol. The molecule has 1 aliphatic carbocycles. The molecule has 0 amide bonds. The number of rotatable bonds is 2. The Balaban J connectivity index is 1.88. The van der Waals surface area contributed by atoms with E-state index in [0.29, 0.717) is 6.04 Å². The lowest BCUT2D eigenvalue weighted by Gasteiger charge is -2.40. The van der Waals surface area contributed by atoms with Gasteiger partial charge in [0.1, 0.15) is 0 Å². The first-order valence-electron chi connectivity index (χ1n) is 6.39. The fraction of sp³-hybridized carbons (Fsp3) is 0.467. The molecule has 0 bridgehead atoms. The predicted molar refractivity (Wildman–Crippen MR) is 72.4 cm³/mol. The molecule has 0 aliphatic heterocycles. The van der Waals surface area contributed by atoms with Gasteiger partial charge in [-0.15, -0.1) is 0 Å². The lowest BCUT2D eigenvalue weighted by molar-refractivity contribution is 0.132. The summed E-state index contributed by atoms with van der Waals surface area (Å²) in [5.74, 6) is 0. The van der Waals surface area contributed by atoms with Gasteiger partial charge in [0.2, 0.25) is 0 Å². The quantitative estimate of drug-likeness (QED) is 0.766. The zero-order valence-electron chi connectivity index (χ0n) is 10.9. The maximum Gasteiger partial charge on any atom is 0.0483 e. The average Bonchev–Trinajstić information content (AvgIpc) is 2.58. The molecule has 0 saturated heterocycles. The molecule has 0 spiro atoms. The second kappa shape index (κ2) is 3.88. The van der Waals surface area contributed by atoms with Gasteiger partial charge in [0.05, 0.1) is 0 Å². The van der Waals surface area contributed by atoms with Gasteiger partial charge in [-0.3, -0.25) is 0 Å². The number of hydrogen-bond donors (Lipinski definition) is 0. The van der Waals surface area contributed by atoms with Crippen molar-refractivity contribution >= 4 is 10.9 Å². The van der Waals surface area contributed by atoms with E-state index in [1.54, 1.807) is 0 Å². The van der Waals surface area contributed by atoms with Crippen LogP contribution in [-0.2, 0) is 0 Å². The zero-order valence-corrected chi connectivity index (χ0v) is 10.9. The molecule has 1 aliphatic rings. The predicted octanol–water partition coefficient (Wildman–Crippen LogP) is 3.21. The van der Waals surface area contributed by atoms with Crippen LogP contribution in [0.2, 0.25) is 0 Å². The minimum atomic E-state index is 0.697. The number of aryl methyl sites for hydroxylation is 1. The van der Waals surface area contributed by atoms with Crippen LogP contribution < -0.4 is 0 Å². The van der Waals surface area contributed by atoms with Gasteiger partial charge in [-0.1, -0.05) is 11.6 Å². The molecule has 0 atom stereocenters. The van der Waals surface area contributed by atoms with Crippen LogP contribution in [0, 0.1) is 6.92 Å². The van der Waals surface area contributed by atoms with Crippen LogP contribution in [0.15, 0.2) is 30.5 Å². The fourth-order valence-corrected chi connectivity index (χ4v) is 2.81. The summed E-state index contributed by atoms with van der Waals surface area (Å²) in [6.07, 6.45) is 4.82. The molecule has 1 aromatic carbocycles. The minimum absolute atomic E-state index is 0.697. The molecule has 1 saturated carbocycles. The summed E-state index contributed by atoms with van der Waals surface area (Å²) in [5, 5.41) is 1.37. The third-order valence-electron chi connectivity index (χ3n) is 4.09. The number of aromatic nitrogens is 1. The van der Waals surface area contributed by atoms with Crippen LogP contribution >= 0.6 is 0 Å². The molecule has 17 heavy (non-hydrogen) atoms. The Morgan fingerprint density at radius 3 is 2.65 bits per heavy atom. The summed E-state index contributed by atoms with van der Waals surface area (Å²) in [6.45, 7) is 2.15. The normalized spacial score (nSPS) is 24.2. The molecular weight excluding hydrogens is 208 g/mol. The number of fused-ring (bicyclic) bond motifs is 1. The van der Waals surface area contributed by atoms with Gasteiger partial charge in [0.15, 0.2) is 0 Å². The van der Waals surface area contributed by atoms with Crippen molar-refractivity contribution in [1.29, 1.82) is 0 Å². The third-order valence-corrected chi connectivity index (χ3v) is 4.09. The van der Waals surface area contributed by atoms with Crippen molar-refractivity contribution in [3.8, 4) is 0 Å². The van der Waals surface area contributed by atoms with Gasteiger partial charge in [0.25, 0.3) is 0 Å². The van der Waals surface area contributed by atoms with Crippen LogP contribution in [0.25, 0.3) is 10.9 Å². The van der Waals surface area contributed by atoms with E-state index in [0.717, 1.165) is 6.04 Å². The van der Waals surface area contributed by atoms with E-state index in [9.17, 15) is 0 Å². The lowest BCUT2D eigenvalue weighted by Crippen LogP contribution is -2.41. The Bertz CT molecular complexity index is 533. The van der Waals surface area contributed by atoms with Gasteiger partial charge in [-0.25, -0.2) is 0 Å². The molecule has 2 heteroatoms. The van der Waals surface area contributed by atoms with Gasteiger partial charge in [0, 0.05) is 23.8 Å². The SMILES string of the molecule is Cc1ccc2c(ccn2C2CC(N(C)C)C2)c1. The maximum absolute atomic E-state index is 2.45. The molecule has 1 fully saturated rings. The van der Waals surface area contributed by atoms with Gasteiger partial charge in [-0.2, -0.15) is 0 Å². The molecule has 0 N–H and O–H groups in total. The molecule has 2 nitrogen and oxygen atoms in total. The molecule has 1 aromatic heterocycles. The molecular formula is C15H20N2. The van der Waals surface area contributed by atoms with Crippen molar-refractivity contribution < 1.29 is 0 Å². The summed E-state index contributed by atoms with van der Waals surface area (Å²) >= 11 is 0. The molecule has 0 radical (unpaired) electrons. The first-order chi connectivity index (χ1) is 8.15. The fourth-order valence-electron chi connectivity index (χ4n) is 2.81.